The number of piperidine rings is 1. The Bertz CT molecular complexity index is 1270. The number of nitrogens with one attached hydrogen (secondary N) is 1. The number of carbonyl (C=O) groups is 1. The van der Waals surface area contributed by atoms with Gasteiger partial charge < -0.3 is 5.32 Å². The van der Waals surface area contributed by atoms with Crippen molar-refractivity contribution in [1.82, 2.24) is 10.2 Å². The summed E-state index contributed by atoms with van der Waals surface area (Å²) in [4.78, 5) is 15.4. The second kappa shape index (κ2) is 11.0. The fourth-order valence-electron chi connectivity index (χ4n) is 5.75. The third kappa shape index (κ3) is 5.57. The quantitative estimate of drug-likeness (QED) is 0.726. The van der Waals surface area contributed by atoms with Gasteiger partial charge in [-0.2, -0.15) is 0 Å². The highest BCUT2D eigenvalue weighted by Crippen LogP contribution is 2.25. The summed E-state index contributed by atoms with van der Waals surface area (Å²) in [6.45, 7) is 5.09. The van der Waals surface area contributed by atoms with Gasteiger partial charge in [-0.25, -0.2) is 0 Å². The van der Waals surface area contributed by atoms with Crippen LogP contribution in [0.25, 0.3) is 23.3 Å². The van der Waals surface area contributed by atoms with E-state index in [2.05, 4.69) is 65.7 Å². The van der Waals surface area contributed by atoms with Crippen LogP contribution in [0.1, 0.15) is 37.3 Å². The smallest absolute Gasteiger partial charge is 0.153 e. The predicted octanol–water partition coefficient (Wildman–Crippen LogP) is 4.51. The predicted molar refractivity (Wildman–Crippen MR) is 146 cm³/mol. The molecule has 0 saturated carbocycles. The molecule has 2 heterocycles. The molecule has 3 heteroatoms. The third-order valence-corrected chi connectivity index (χ3v) is 7.56. The number of hydrogen-bond acceptors (Lipinski definition) is 3. The van der Waals surface area contributed by atoms with E-state index in [1.165, 1.54) is 45.5 Å². The summed E-state index contributed by atoms with van der Waals surface area (Å²) in [6, 6.07) is 13.3. The van der Waals surface area contributed by atoms with E-state index in [-0.39, 0.29) is 5.92 Å². The van der Waals surface area contributed by atoms with Gasteiger partial charge in [0.15, 0.2) is 5.78 Å². The van der Waals surface area contributed by atoms with E-state index < -0.39 is 0 Å². The number of nitrogens with zero attached hydrogens (tertiary/aromatic N) is 1. The molecule has 1 N–H and O–H groups in total. The maximum Gasteiger partial charge on any atom is 0.153 e. The SMILES string of the molecule is C1=CC=CNC=C1.CC1CCCN(CC(=O)C2C=c3c(ccc4c3=CCc3ccccc3-4)CC2)C1. The van der Waals surface area contributed by atoms with Crippen molar-refractivity contribution in [3.63, 3.8) is 0 Å². The molecule has 2 aromatic carbocycles. The first-order valence-electron chi connectivity index (χ1n) is 13.1. The van der Waals surface area contributed by atoms with E-state index >= 15 is 0 Å². The lowest BCUT2D eigenvalue weighted by atomic mass is 9.83. The Morgan fingerprint density at radius 3 is 2.60 bits per heavy atom. The molecule has 1 saturated heterocycles. The molecular weight excluding hydrogens is 428 g/mol. The number of likely N-dealkylation sites (tertiary alicyclic amines) is 1. The van der Waals surface area contributed by atoms with Crippen LogP contribution < -0.4 is 15.8 Å². The standard InChI is InChI=1S/C26H29NO.C6H7N/c1-18-5-4-14-27(16-18)17-26(28)21-9-8-20-11-12-23-22-7-3-2-6-19(22)10-13-24(23)25(20)15-21;1-2-4-6-7-5-3-1/h2-3,6-7,11-13,15,18,21H,4-5,8-10,14,16-17H2,1H3;1-7H. The molecule has 4 aliphatic rings. The number of Topliss-reactive ketones (excluding diaryl/α,β-unsaturated/α-hetero) is 1. The number of aryl methyl sites for hydroxylation is 1. The van der Waals surface area contributed by atoms with E-state index in [1.54, 1.807) is 0 Å². The van der Waals surface area contributed by atoms with Gasteiger partial charge in [0.2, 0.25) is 0 Å². The lowest BCUT2D eigenvalue weighted by Crippen LogP contribution is -2.41. The Morgan fingerprint density at radius 1 is 0.943 bits per heavy atom. The molecule has 2 aromatic rings. The fraction of sp³-hybridized carbons (Fsp3) is 0.344. The van der Waals surface area contributed by atoms with Gasteiger partial charge in [-0.1, -0.05) is 67.6 Å². The molecule has 0 aromatic heterocycles. The molecule has 2 atom stereocenters. The number of benzene rings is 2. The van der Waals surface area contributed by atoms with Crippen molar-refractivity contribution < 1.29 is 4.79 Å². The van der Waals surface area contributed by atoms with Gasteiger partial charge in [0, 0.05) is 24.9 Å². The molecule has 2 unspecified atom stereocenters. The normalized spacial score (nSPS) is 22.1. The maximum absolute atomic E-state index is 13.1. The zero-order chi connectivity index (χ0) is 24.0. The van der Waals surface area contributed by atoms with Crippen LogP contribution in [-0.2, 0) is 17.6 Å². The summed E-state index contributed by atoms with van der Waals surface area (Å²) < 4.78 is 0. The average molecular weight is 465 g/mol. The first-order valence-corrected chi connectivity index (χ1v) is 13.1. The molecule has 2 aliphatic heterocycles. The zero-order valence-corrected chi connectivity index (χ0v) is 20.7. The highest BCUT2D eigenvalue weighted by Gasteiger charge is 2.25. The Hall–Kier alpha value is -3.17. The average Bonchev–Trinajstić information content (AvgIpc) is 3.22. The molecule has 0 spiro atoms. The van der Waals surface area contributed by atoms with Crippen LogP contribution in [0.3, 0.4) is 0 Å². The van der Waals surface area contributed by atoms with Crippen molar-refractivity contribution in [3.8, 4) is 11.1 Å². The maximum atomic E-state index is 13.1. The first kappa shape index (κ1) is 23.6. The Balaban J connectivity index is 0.000000313. The minimum Gasteiger partial charge on any atom is -0.368 e. The van der Waals surface area contributed by atoms with E-state index in [4.69, 9.17) is 0 Å². The van der Waals surface area contributed by atoms with Gasteiger partial charge in [0.1, 0.15) is 0 Å². The second-order valence-electron chi connectivity index (χ2n) is 10.2. The molecular formula is C32H36N2O. The van der Waals surface area contributed by atoms with E-state index in [1.807, 2.05) is 36.7 Å². The summed E-state index contributed by atoms with van der Waals surface area (Å²) >= 11 is 0. The van der Waals surface area contributed by atoms with Gasteiger partial charge in [-0.15, -0.1) is 0 Å². The zero-order valence-electron chi connectivity index (χ0n) is 20.7. The highest BCUT2D eigenvalue weighted by molar-refractivity contribution is 5.88. The van der Waals surface area contributed by atoms with Gasteiger partial charge >= 0.3 is 0 Å². The van der Waals surface area contributed by atoms with Crippen LogP contribution in [0, 0.1) is 11.8 Å². The number of rotatable bonds is 3. The lowest BCUT2D eigenvalue weighted by Gasteiger charge is -2.31. The van der Waals surface area contributed by atoms with Crippen LogP contribution in [0.2, 0.25) is 0 Å². The third-order valence-electron chi connectivity index (χ3n) is 7.56. The summed E-state index contributed by atoms with van der Waals surface area (Å²) in [6.07, 6.45) is 21.7. The monoisotopic (exact) mass is 464 g/mol. The first-order chi connectivity index (χ1) is 17.2. The van der Waals surface area contributed by atoms with Crippen molar-refractivity contribution in [2.45, 2.75) is 39.0 Å². The molecule has 0 bridgehead atoms. The number of ketones is 1. The Morgan fingerprint density at radius 2 is 1.77 bits per heavy atom. The Labute approximate surface area is 209 Å². The molecule has 35 heavy (non-hydrogen) atoms. The molecule has 2 aliphatic carbocycles. The highest BCUT2D eigenvalue weighted by atomic mass is 16.1. The van der Waals surface area contributed by atoms with Crippen molar-refractivity contribution in [2.24, 2.45) is 11.8 Å². The van der Waals surface area contributed by atoms with Crippen molar-refractivity contribution in [3.05, 3.63) is 94.7 Å². The van der Waals surface area contributed by atoms with Crippen molar-refractivity contribution >= 4 is 17.9 Å². The minimum atomic E-state index is 0.0711. The second-order valence-corrected chi connectivity index (χ2v) is 10.2. The van der Waals surface area contributed by atoms with Crippen LogP contribution in [0.4, 0.5) is 0 Å². The van der Waals surface area contributed by atoms with Crippen LogP contribution >= 0.6 is 0 Å². The molecule has 180 valence electrons. The fourth-order valence-corrected chi connectivity index (χ4v) is 5.75. The van der Waals surface area contributed by atoms with Crippen LogP contribution in [0.5, 0.6) is 0 Å². The number of allylic oxidation sites excluding steroid dienone is 4. The van der Waals surface area contributed by atoms with Crippen molar-refractivity contribution in [1.29, 1.82) is 0 Å². The van der Waals surface area contributed by atoms with Crippen LogP contribution in [-0.4, -0.2) is 30.3 Å². The van der Waals surface area contributed by atoms with E-state index in [0.717, 1.165) is 38.3 Å². The van der Waals surface area contributed by atoms with Gasteiger partial charge in [0.25, 0.3) is 0 Å². The summed E-state index contributed by atoms with van der Waals surface area (Å²) in [5.41, 5.74) is 5.49. The number of fused-ring (bicyclic) bond motifs is 5. The molecule has 3 nitrogen and oxygen atoms in total. The molecule has 0 amide bonds. The Kier molecular flexibility index (Phi) is 7.44. The number of carbonyl (C=O) groups excluding carboxylic acids is 1. The lowest BCUT2D eigenvalue weighted by molar-refractivity contribution is -0.122. The van der Waals surface area contributed by atoms with Crippen molar-refractivity contribution in [2.75, 3.05) is 19.6 Å². The molecule has 1 fully saturated rings. The van der Waals surface area contributed by atoms with E-state index in [9.17, 15) is 4.79 Å². The molecule has 0 radical (unpaired) electrons. The van der Waals surface area contributed by atoms with Crippen LogP contribution in [0.15, 0.2) is 73.1 Å². The number of hydrogen-bond donors (Lipinski definition) is 1. The summed E-state index contributed by atoms with van der Waals surface area (Å²) in [7, 11) is 0. The molecule has 6 rings (SSSR count). The summed E-state index contributed by atoms with van der Waals surface area (Å²) in [5.74, 6) is 1.20. The largest absolute Gasteiger partial charge is 0.368 e. The van der Waals surface area contributed by atoms with Gasteiger partial charge in [-0.3, -0.25) is 9.69 Å². The van der Waals surface area contributed by atoms with E-state index in [0.29, 0.717) is 12.3 Å². The van der Waals surface area contributed by atoms with Gasteiger partial charge in [-0.05, 0) is 89.4 Å². The summed E-state index contributed by atoms with van der Waals surface area (Å²) in [5, 5.41) is 5.59. The minimum absolute atomic E-state index is 0.0711. The van der Waals surface area contributed by atoms with Gasteiger partial charge in [0.05, 0.1) is 6.54 Å². The topological polar surface area (TPSA) is 32.3 Å².